The van der Waals surface area contributed by atoms with Crippen molar-refractivity contribution in [2.45, 2.75) is 6.92 Å². The molecular formula is C17H15N5O. The average molecular weight is 305 g/mol. The Kier molecular flexibility index (Phi) is 3.15. The quantitative estimate of drug-likeness (QED) is 0.874. The van der Waals surface area contributed by atoms with Gasteiger partial charge in [-0.05, 0) is 36.8 Å². The summed E-state index contributed by atoms with van der Waals surface area (Å²) in [5.74, 6) is 1.17. The molecule has 0 aliphatic carbocycles. The second-order valence-corrected chi connectivity index (χ2v) is 5.51. The maximum atomic E-state index is 12.4. The molecule has 6 nitrogen and oxygen atoms in total. The first-order valence-electron chi connectivity index (χ1n) is 7.45. The Labute approximate surface area is 133 Å². The van der Waals surface area contributed by atoms with E-state index < -0.39 is 0 Å². The number of benzene rings is 1. The highest BCUT2D eigenvalue weighted by atomic mass is 16.1. The second-order valence-electron chi connectivity index (χ2n) is 5.51. The molecule has 0 bridgehead atoms. The molecule has 1 aromatic heterocycles. The molecule has 4 rings (SSSR count). The van der Waals surface area contributed by atoms with Crippen molar-refractivity contribution in [3.63, 3.8) is 0 Å². The van der Waals surface area contributed by atoms with Crippen LogP contribution in [0, 0.1) is 6.92 Å². The first-order chi connectivity index (χ1) is 11.2. The molecule has 0 saturated heterocycles. The lowest BCUT2D eigenvalue weighted by molar-refractivity contribution is 0.0973. The van der Waals surface area contributed by atoms with Gasteiger partial charge in [0.25, 0.3) is 5.91 Å². The molecule has 0 saturated carbocycles. The maximum absolute atomic E-state index is 12.4. The van der Waals surface area contributed by atoms with Crippen LogP contribution in [-0.2, 0) is 0 Å². The first kappa shape index (κ1) is 13.6. The van der Waals surface area contributed by atoms with E-state index in [1.807, 2.05) is 30.0 Å². The van der Waals surface area contributed by atoms with Gasteiger partial charge >= 0.3 is 0 Å². The van der Waals surface area contributed by atoms with E-state index >= 15 is 0 Å². The number of aromatic nitrogens is 1. The normalized spacial score (nSPS) is 15.4. The SMILES string of the molecule is Cc1ccc2c(c1)N=C(NC(=O)c1cccnc1)N1CCN=C21. The number of amides is 1. The fraction of sp³-hybridized carbons (Fsp3) is 0.176. The summed E-state index contributed by atoms with van der Waals surface area (Å²) in [4.78, 5) is 27.5. The molecule has 0 spiro atoms. The number of fused-ring (bicyclic) bond motifs is 3. The van der Waals surface area contributed by atoms with Crippen molar-refractivity contribution in [3.8, 4) is 0 Å². The summed E-state index contributed by atoms with van der Waals surface area (Å²) in [5.41, 5.74) is 3.47. The largest absolute Gasteiger partial charge is 0.294 e. The minimum absolute atomic E-state index is 0.223. The van der Waals surface area contributed by atoms with Crippen LogP contribution in [0.4, 0.5) is 5.69 Å². The summed E-state index contributed by atoms with van der Waals surface area (Å²) in [6, 6.07) is 9.54. The standard InChI is InChI=1S/C17H15N5O/c1-11-4-5-13-14(9-11)20-17(22-8-7-19-15(13)22)21-16(23)12-3-2-6-18-10-12/h2-6,9-10H,7-8H2,1H3,(H,20,21,23). The number of rotatable bonds is 1. The topological polar surface area (TPSA) is 70.0 Å². The van der Waals surface area contributed by atoms with Gasteiger partial charge < -0.3 is 0 Å². The van der Waals surface area contributed by atoms with Gasteiger partial charge in [0.2, 0.25) is 5.96 Å². The number of nitrogens with one attached hydrogen (secondary N) is 1. The number of pyridine rings is 1. The number of amidine groups is 1. The Hall–Kier alpha value is -3.02. The summed E-state index contributed by atoms with van der Waals surface area (Å²) in [7, 11) is 0. The third kappa shape index (κ3) is 2.38. The van der Waals surface area contributed by atoms with Gasteiger partial charge in [0.05, 0.1) is 17.8 Å². The summed E-state index contributed by atoms with van der Waals surface area (Å²) >= 11 is 0. The van der Waals surface area contributed by atoms with Crippen molar-refractivity contribution in [2.75, 3.05) is 13.1 Å². The zero-order valence-electron chi connectivity index (χ0n) is 12.7. The van der Waals surface area contributed by atoms with E-state index in [-0.39, 0.29) is 5.91 Å². The average Bonchev–Trinajstić information content (AvgIpc) is 3.05. The number of hydrogen-bond donors (Lipinski definition) is 1. The predicted molar refractivity (Wildman–Crippen MR) is 88.1 cm³/mol. The van der Waals surface area contributed by atoms with Gasteiger partial charge in [0.15, 0.2) is 0 Å². The van der Waals surface area contributed by atoms with Crippen LogP contribution in [-0.4, -0.2) is 40.7 Å². The van der Waals surface area contributed by atoms with Crippen molar-refractivity contribution in [1.82, 2.24) is 15.2 Å². The maximum Gasteiger partial charge on any atom is 0.259 e. The number of nitrogens with zero attached hydrogens (tertiary/aromatic N) is 4. The summed E-state index contributed by atoms with van der Waals surface area (Å²) in [6.07, 6.45) is 3.18. The predicted octanol–water partition coefficient (Wildman–Crippen LogP) is 1.88. The van der Waals surface area contributed by atoms with Crippen LogP contribution in [0.5, 0.6) is 0 Å². The molecule has 0 atom stereocenters. The van der Waals surface area contributed by atoms with E-state index in [1.54, 1.807) is 18.3 Å². The van der Waals surface area contributed by atoms with Crippen LogP contribution < -0.4 is 5.32 Å². The summed E-state index contributed by atoms with van der Waals surface area (Å²) in [6.45, 7) is 3.44. The van der Waals surface area contributed by atoms with Gasteiger partial charge in [-0.15, -0.1) is 0 Å². The minimum Gasteiger partial charge on any atom is -0.294 e. The molecule has 0 fully saturated rings. The smallest absolute Gasteiger partial charge is 0.259 e. The molecule has 6 heteroatoms. The molecule has 0 radical (unpaired) electrons. The highest BCUT2D eigenvalue weighted by molar-refractivity contribution is 6.19. The van der Waals surface area contributed by atoms with E-state index in [1.165, 1.54) is 6.20 Å². The Balaban J connectivity index is 1.71. The second kappa shape index (κ2) is 5.31. The summed E-state index contributed by atoms with van der Waals surface area (Å²) < 4.78 is 0. The van der Waals surface area contributed by atoms with Crippen molar-refractivity contribution in [3.05, 3.63) is 59.4 Å². The molecule has 3 heterocycles. The molecule has 2 aliphatic heterocycles. The van der Waals surface area contributed by atoms with Crippen LogP contribution >= 0.6 is 0 Å². The monoisotopic (exact) mass is 305 g/mol. The van der Waals surface area contributed by atoms with Gasteiger partial charge in [-0.1, -0.05) is 6.07 Å². The van der Waals surface area contributed by atoms with Crippen LogP contribution in [0.25, 0.3) is 0 Å². The molecule has 2 aromatic rings. The zero-order valence-corrected chi connectivity index (χ0v) is 12.7. The molecular weight excluding hydrogens is 290 g/mol. The number of guanidine groups is 1. The van der Waals surface area contributed by atoms with Gasteiger partial charge in [0, 0.05) is 24.5 Å². The molecule has 0 unspecified atom stereocenters. The van der Waals surface area contributed by atoms with Crippen molar-refractivity contribution in [2.24, 2.45) is 9.98 Å². The molecule has 114 valence electrons. The fourth-order valence-electron chi connectivity index (χ4n) is 2.75. The van der Waals surface area contributed by atoms with Crippen LogP contribution in [0.2, 0.25) is 0 Å². The van der Waals surface area contributed by atoms with Crippen LogP contribution in [0.1, 0.15) is 21.5 Å². The Morgan fingerprint density at radius 1 is 1.30 bits per heavy atom. The lowest BCUT2D eigenvalue weighted by Crippen LogP contribution is -2.47. The fourth-order valence-corrected chi connectivity index (χ4v) is 2.75. The third-order valence-electron chi connectivity index (χ3n) is 3.87. The first-order valence-corrected chi connectivity index (χ1v) is 7.45. The van der Waals surface area contributed by atoms with E-state index in [2.05, 4.69) is 20.3 Å². The molecule has 1 amide bonds. The molecule has 23 heavy (non-hydrogen) atoms. The van der Waals surface area contributed by atoms with Crippen molar-refractivity contribution in [1.29, 1.82) is 0 Å². The number of aryl methyl sites for hydroxylation is 1. The number of carbonyl (C=O) groups excluding carboxylic acids is 1. The summed E-state index contributed by atoms with van der Waals surface area (Å²) in [5, 5.41) is 2.88. The Morgan fingerprint density at radius 3 is 3.04 bits per heavy atom. The molecule has 1 aromatic carbocycles. The lowest BCUT2D eigenvalue weighted by atomic mass is 10.1. The highest BCUT2D eigenvalue weighted by Crippen LogP contribution is 2.29. The Morgan fingerprint density at radius 2 is 2.22 bits per heavy atom. The van der Waals surface area contributed by atoms with E-state index in [0.29, 0.717) is 18.1 Å². The van der Waals surface area contributed by atoms with Gasteiger partial charge in [-0.3, -0.25) is 25.0 Å². The zero-order chi connectivity index (χ0) is 15.8. The van der Waals surface area contributed by atoms with Gasteiger partial charge in [0.1, 0.15) is 5.84 Å². The Bertz CT molecular complexity index is 841. The van der Waals surface area contributed by atoms with Crippen LogP contribution in [0.3, 0.4) is 0 Å². The highest BCUT2D eigenvalue weighted by Gasteiger charge is 2.30. The van der Waals surface area contributed by atoms with E-state index in [4.69, 9.17) is 0 Å². The number of carbonyl (C=O) groups is 1. The van der Waals surface area contributed by atoms with Crippen molar-refractivity contribution < 1.29 is 4.79 Å². The van der Waals surface area contributed by atoms with E-state index in [9.17, 15) is 4.79 Å². The molecule has 1 N–H and O–H groups in total. The minimum atomic E-state index is -0.223. The lowest BCUT2D eigenvalue weighted by Gasteiger charge is -2.27. The van der Waals surface area contributed by atoms with Crippen molar-refractivity contribution >= 4 is 23.4 Å². The van der Waals surface area contributed by atoms with Gasteiger partial charge in [-0.2, -0.15) is 0 Å². The van der Waals surface area contributed by atoms with E-state index in [0.717, 1.165) is 29.2 Å². The third-order valence-corrected chi connectivity index (χ3v) is 3.87. The van der Waals surface area contributed by atoms with Gasteiger partial charge in [-0.25, -0.2) is 4.99 Å². The number of aliphatic imine (C=N–C) groups is 2. The van der Waals surface area contributed by atoms with Crippen LogP contribution in [0.15, 0.2) is 52.7 Å². The molecule has 2 aliphatic rings. The number of hydrogen-bond acceptors (Lipinski definition) is 5.